The third-order valence-corrected chi connectivity index (χ3v) is 5.59. The molecular formula is C16H11Cl2NO4S. The van der Waals surface area contributed by atoms with E-state index in [-0.39, 0.29) is 21.3 Å². The van der Waals surface area contributed by atoms with E-state index in [1.165, 1.54) is 36.4 Å². The van der Waals surface area contributed by atoms with Crippen molar-refractivity contribution in [2.24, 2.45) is 0 Å². The number of rotatable bonds is 3. The molecule has 3 rings (SSSR count). The summed E-state index contributed by atoms with van der Waals surface area (Å²) < 4.78 is 26.8. The summed E-state index contributed by atoms with van der Waals surface area (Å²) in [6.07, 6.45) is 0.861. The van der Waals surface area contributed by atoms with Crippen molar-refractivity contribution in [2.45, 2.75) is 17.7 Å². The fourth-order valence-electron chi connectivity index (χ4n) is 2.51. The zero-order chi connectivity index (χ0) is 17.5. The molecule has 8 heteroatoms. The SMILES string of the molecule is O=C(NS(=O)(=O)c1ccc2c(c1)CCC2=O)c1ccc(Cl)cc1Cl. The summed E-state index contributed by atoms with van der Waals surface area (Å²) >= 11 is 11.7. The molecule has 0 saturated heterocycles. The van der Waals surface area contributed by atoms with Crippen LogP contribution in [0.3, 0.4) is 0 Å². The Hall–Kier alpha value is -1.89. The van der Waals surface area contributed by atoms with Gasteiger partial charge in [0.25, 0.3) is 15.9 Å². The molecule has 0 aliphatic heterocycles. The Bertz CT molecular complexity index is 970. The van der Waals surface area contributed by atoms with Gasteiger partial charge in [-0.15, -0.1) is 0 Å². The number of benzene rings is 2. The molecule has 1 aliphatic carbocycles. The summed E-state index contributed by atoms with van der Waals surface area (Å²) in [6.45, 7) is 0. The van der Waals surface area contributed by atoms with Crippen molar-refractivity contribution in [3.05, 3.63) is 63.1 Å². The van der Waals surface area contributed by atoms with Gasteiger partial charge in [0.15, 0.2) is 5.78 Å². The van der Waals surface area contributed by atoms with Crippen LogP contribution in [0, 0.1) is 0 Å². The third-order valence-electron chi connectivity index (χ3n) is 3.71. The zero-order valence-corrected chi connectivity index (χ0v) is 14.5. The molecule has 0 bridgehead atoms. The maximum Gasteiger partial charge on any atom is 0.266 e. The Balaban J connectivity index is 1.89. The lowest BCUT2D eigenvalue weighted by molar-refractivity contribution is 0.0977. The lowest BCUT2D eigenvalue weighted by atomic mass is 10.1. The number of halogens is 2. The summed E-state index contributed by atoms with van der Waals surface area (Å²) in [6, 6.07) is 8.33. The van der Waals surface area contributed by atoms with Crippen LogP contribution in [0.25, 0.3) is 0 Å². The molecule has 0 spiro atoms. The maximum atomic E-state index is 12.4. The highest BCUT2D eigenvalue weighted by atomic mass is 35.5. The summed E-state index contributed by atoms with van der Waals surface area (Å²) in [5.41, 5.74) is 1.20. The molecule has 0 atom stereocenters. The smallest absolute Gasteiger partial charge is 0.266 e. The Kier molecular flexibility index (Phi) is 4.38. The minimum absolute atomic E-state index is 0.000907. The lowest BCUT2D eigenvalue weighted by Crippen LogP contribution is -2.30. The van der Waals surface area contributed by atoms with E-state index in [0.717, 1.165) is 0 Å². The van der Waals surface area contributed by atoms with E-state index >= 15 is 0 Å². The first kappa shape index (κ1) is 17.0. The van der Waals surface area contributed by atoms with Crippen LogP contribution in [0.2, 0.25) is 10.0 Å². The Morgan fingerprint density at radius 3 is 2.50 bits per heavy atom. The van der Waals surface area contributed by atoms with E-state index in [2.05, 4.69) is 0 Å². The van der Waals surface area contributed by atoms with Crippen LogP contribution in [0.5, 0.6) is 0 Å². The molecule has 0 heterocycles. The van der Waals surface area contributed by atoms with Crippen molar-refractivity contribution >= 4 is 44.9 Å². The minimum atomic E-state index is -4.08. The van der Waals surface area contributed by atoms with Gasteiger partial charge in [-0.25, -0.2) is 13.1 Å². The van der Waals surface area contributed by atoms with Crippen LogP contribution < -0.4 is 4.72 Å². The molecule has 124 valence electrons. The monoisotopic (exact) mass is 383 g/mol. The largest absolute Gasteiger partial charge is 0.294 e. The molecule has 0 saturated carbocycles. The molecule has 1 N–H and O–H groups in total. The quantitative estimate of drug-likeness (QED) is 0.881. The first-order valence-corrected chi connectivity index (χ1v) is 9.20. The Morgan fingerprint density at radius 1 is 1.04 bits per heavy atom. The van der Waals surface area contributed by atoms with Gasteiger partial charge < -0.3 is 0 Å². The molecule has 24 heavy (non-hydrogen) atoms. The van der Waals surface area contributed by atoms with E-state index in [0.29, 0.717) is 29.0 Å². The van der Waals surface area contributed by atoms with Gasteiger partial charge in [-0.1, -0.05) is 23.2 Å². The number of hydrogen-bond donors (Lipinski definition) is 1. The standard InChI is InChI=1S/C16H11Cl2NO4S/c17-10-2-4-13(14(18)8-10)16(21)19-24(22,23)11-3-5-12-9(7-11)1-6-15(12)20/h2-5,7-8H,1,6H2,(H,19,21). The second-order valence-electron chi connectivity index (χ2n) is 5.30. The van der Waals surface area contributed by atoms with Crippen molar-refractivity contribution in [1.82, 2.24) is 4.72 Å². The van der Waals surface area contributed by atoms with Gasteiger partial charge in [0.05, 0.1) is 15.5 Å². The summed E-state index contributed by atoms with van der Waals surface area (Å²) in [4.78, 5) is 23.7. The molecule has 2 aromatic carbocycles. The average Bonchev–Trinajstić information content (AvgIpc) is 2.87. The maximum absolute atomic E-state index is 12.4. The summed E-state index contributed by atoms with van der Waals surface area (Å²) in [5.74, 6) is -0.862. The predicted molar refractivity (Wildman–Crippen MR) is 90.2 cm³/mol. The van der Waals surface area contributed by atoms with Gasteiger partial charge in [0.2, 0.25) is 0 Å². The fraction of sp³-hybridized carbons (Fsp3) is 0.125. The van der Waals surface area contributed by atoms with Crippen molar-refractivity contribution in [3.63, 3.8) is 0 Å². The minimum Gasteiger partial charge on any atom is -0.294 e. The highest BCUT2D eigenvalue weighted by Crippen LogP contribution is 2.25. The number of nitrogens with one attached hydrogen (secondary N) is 1. The number of carbonyl (C=O) groups excluding carboxylic acids is 2. The van der Waals surface area contributed by atoms with Gasteiger partial charge in [-0.2, -0.15) is 0 Å². The van der Waals surface area contributed by atoms with Crippen molar-refractivity contribution in [3.8, 4) is 0 Å². The number of amides is 1. The molecule has 1 amide bonds. The summed E-state index contributed by atoms with van der Waals surface area (Å²) in [7, 11) is -4.08. The summed E-state index contributed by atoms with van der Waals surface area (Å²) in [5, 5.41) is 0.387. The number of hydrogen-bond acceptors (Lipinski definition) is 4. The number of ketones is 1. The second kappa shape index (κ2) is 6.20. The van der Waals surface area contributed by atoms with Crippen molar-refractivity contribution in [1.29, 1.82) is 0 Å². The van der Waals surface area contributed by atoms with Gasteiger partial charge in [0, 0.05) is 17.0 Å². The van der Waals surface area contributed by atoms with Gasteiger partial charge in [-0.05, 0) is 48.4 Å². The zero-order valence-electron chi connectivity index (χ0n) is 12.2. The van der Waals surface area contributed by atoms with Crippen LogP contribution in [0.15, 0.2) is 41.3 Å². The van der Waals surface area contributed by atoms with Crippen molar-refractivity contribution < 1.29 is 18.0 Å². The van der Waals surface area contributed by atoms with E-state index in [9.17, 15) is 18.0 Å². The topological polar surface area (TPSA) is 80.3 Å². The highest BCUT2D eigenvalue weighted by molar-refractivity contribution is 7.90. The van der Waals surface area contributed by atoms with Crippen LogP contribution in [0.1, 0.15) is 32.7 Å². The van der Waals surface area contributed by atoms with Gasteiger partial charge in [0.1, 0.15) is 0 Å². The highest BCUT2D eigenvalue weighted by Gasteiger charge is 2.25. The number of carbonyl (C=O) groups is 2. The van der Waals surface area contributed by atoms with Crippen LogP contribution in [-0.2, 0) is 16.4 Å². The Labute approximate surface area is 148 Å². The normalized spacial score (nSPS) is 13.7. The number of fused-ring (bicyclic) bond motifs is 1. The van der Waals surface area contributed by atoms with Crippen LogP contribution in [-0.4, -0.2) is 20.1 Å². The molecule has 5 nitrogen and oxygen atoms in total. The fourth-order valence-corrected chi connectivity index (χ4v) is 4.02. The number of Topliss-reactive ketones (excluding diaryl/α,β-unsaturated/α-hetero) is 1. The van der Waals surface area contributed by atoms with E-state index in [4.69, 9.17) is 23.2 Å². The first-order valence-electron chi connectivity index (χ1n) is 6.96. The molecule has 1 aliphatic rings. The molecule has 2 aromatic rings. The van der Waals surface area contributed by atoms with E-state index < -0.39 is 15.9 Å². The number of sulfonamides is 1. The van der Waals surface area contributed by atoms with E-state index in [1.54, 1.807) is 0 Å². The van der Waals surface area contributed by atoms with Crippen LogP contribution in [0.4, 0.5) is 0 Å². The lowest BCUT2D eigenvalue weighted by Gasteiger charge is -2.09. The second-order valence-corrected chi connectivity index (χ2v) is 7.83. The first-order chi connectivity index (χ1) is 11.3. The van der Waals surface area contributed by atoms with E-state index in [1.807, 2.05) is 4.72 Å². The third kappa shape index (κ3) is 3.17. The van der Waals surface area contributed by atoms with Gasteiger partial charge in [-0.3, -0.25) is 9.59 Å². The molecule has 0 aromatic heterocycles. The predicted octanol–water partition coefficient (Wildman–Crippen LogP) is 3.24. The molecule has 0 unspecified atom stereocenters. The average molecular weight is 384 g/mol. The van der Waals surface area contributed by atoms with Crippen molar-refractivity contribution in [2.75, 3.05) is 0 Å². The van der Waals surface area contributed by atoms with Gasteiger partial charge >= 0.3 is 0 Å². The molecule has 0 radical (unpaired) electrons. The Morgan fingerprint density at radius 2 is 1.79 bits per heavy atom. The number of aryl methyl sites for hydroxylation is 1. The van der Waals surface area contributed by atoms with Crippen LogP contribution >= 0.6 is 23.2 Å². The molecular weight excluding hydrogens is 373 g/mol. The molecule has 0 fully saturated rings.